The summed E-state index contributed by atoms with van der Waals surface area (Å²) in [6.45, 7) is 4.64. The minimum atomic E-state index is 0.135. The summed E-state index contributed by atoms with van der Waals surface area (Å²) in [6, 6.07) is 0.589. The van der Waals surface area contributed by atoms with E-state index in [2.05, 4.69) is 16.8 Å². The molecule has 0 bridgehead atoms. The molecule has 90 valence electrons. The van der Waals surface area contributed by atoms with Gasteiger partial charge in [0, 0.05) is 25.5 Å². The van der Waals surface area contributed by atoms with E-state index in [-0.39, 0.29) is 6.61 Å². The van der Waals surface area contributed by atoms with Crippen LogP contribution in [-0.2, 0) is 12.8 Å². The molecular weight excluding hydrogens is 204 g/mol. The van der Waals surface area contributed by atoms with E-state index in [4.69, 9.17) is 9.52 Å². The predicted molar refractivity (Wildman–Crippen MR) is 61.3 cm³/mol. The van der Waals surface area contributed by atoms with Crippen molar-refractivity contribution in [1.82, 2.24) is 9.88 Å². The summed E-state index contributed by atoms with van der Waals surface area (Å²) in [4.78, 5) is 6.86. The van der Waals surface area contributed by atoms with Gasteiger partial charge in [-0.25, -0.2) is 4.98 Å². The largest absolute Gasteiger partial charge is 0.449 e. The Hall–Kier alpha value is -0.870. The molecule has 1 unspecified atom stereocenters. The molecule has 1 aromatic rings. The summed E-state index contributed by atoms with van der Waals surface area (Å²) in [5.41, 5.74) is 0.860. The number of aliphatic hydroxyl groups is 1. The molecule has 1 aromatic heterocycles. The number of likely N-dealkylation sites (tertiary alicyclic amines) is 1. The average molecular weight is 224 g/mol. The summed E-state index contributed by atoms with van der Waals surface area (Å²) in [5, 5.41) is 8.80. The van der Waals surface area contributed by atoms with Crippen LogP contribution in [0.25, 0.3) is 0 Å². The van der Waals surface area contributed by atoms with Crippen LogP contribution in [-0.4, -0.2) is 40.7 Å². The second-order valence-electron chi connectivity index (χ2n) is 4.33. The normalized spacial score (nSPS) is 21.8. The quantitative estimate of drug-likeness (QED) is 0.817. The highest BCUT2D eigenvalue weighted by Crippen LogP contribution is 2.20. The lowest BCUT2D eigenvalue weighted by atomic mass is 10.1. The second-order valence-corrected chi connectivity index (χ2v) is 4.33. The van der Waals surface area contributed by atoms with Gasteiger partial charge in [0.2, 0.25) is 0 Å². The van der Waals surface area contributed by atoms with Gasteiger partial charge in [0.25, 0.3) is 0 Å². The van der Waals surface area contributed by atoms with Crippen molar-refractivity contribution in [2.45, 2.75) is 38.6 Å². The summed E-state index contributed by atoms with van der Waals surface area (Å²) < 4.78 is 5.42. The molecule has 1 saturated heterocycles. The van der Waals surface area contributed by atoms with E-state index in [1.807, 2.05) is 0 Å². The van der Waals surface area contributed by atoms with Gasteiger partial charge in [0.15, 0.2) is 5.89 Å². The summed E-state index contributed by atoms with van der Waals surface area (Å²) in [7, 11) is 0. The minimum Gasteiger partial charge on any atom is -0.449 e. The Bertz CT molecular complexity index is 325. The van der Waals surface area contributed by atoms with Crippen molar-refractivity contribution < 1.29 is 9.52 Å². The predicted octanol–water partition coefficient (Wildman–Crippen LogP) is 1.24. The number of rotatable bonds is 5. The molecule has 1 aliphatic heterocycles. The van der Waals surface area contributed by atoms with Gasteiger partial charge in [-0.2, -0.15) is 0 Å². The Morgan fingerprint density at radius 1 is 1.62 bits per heavy atom. The zero-order valence-corrected chi connectivity index (χ0v) is 9.85. The molecule has 16 heavy (non-hydrogen) atoms. The molecule has 1 N–H and O–H groups in total. The Kier molecular flexibility index (Phi) is 3.96. The van der Waals surface area contributed by atoms with Crippen molar-refractivity contribution in [3.63, 3.8) is 0 Å². The Balaban J connectivity index is 1.92. The maximum atomic E-state index is 8.80. The lowest BCUT2D eigenvalue weighted by Crippen LogP contribution is -2.30. The molecular formula is C12H20N2O2. The van der Waals surface area contributed by atoms with E-state index >= 15 is 0 Å². The van der Waals surface area contributed by atoms with Crippen molar-refractivity contribution in [3.05, 3.63) is 17.8 Å². The van der Waals surface area contributed by atoms with Crippen molar-refractivity contribution in [1.29, 1.82) is 0 Å². The fourth-order valence-corrected chi connectivity index (χ4v) is 2.42. The van der Waals surface area contributed by atoms with Crippen LogP contribution < -0.4 is 0 Å². The lowest BCUT2D eigenvalue weighted by molar-refractivity contribution is 0.254. The number of likely N-dealkylation sites (N-methyl/N-ethyl adjacent to an activating group) is 1. The standard InChI is InChI=1S/C12H20N2O2/c1-2-14-6-3-4-11(14)8-12-13-10(5-7-15)9-16-12/h9,11,15H,2-8H2,1H3. The van der Waals surface area contributed by atoms with Gasteiger partial charge in [-0.05, 0) is 25.9 Å². The zero-order chi connectivity index (χ0) is 11.4. The second kappa shape index (κ2) is 5.46. The van der Waals surface area contributed by atoms with Gasteiger partial charge in [0.1, 0.15) is 6.26 Å². The lowest BCUT2D eigenvalue weighted by Gasteiger charge is -2.20. The first-order chi connectivity index (χ1) is 7.83. The smallest absolute Gasteiger partial charge is 0.195 e. The van der Waals surface area contributed by atoms with Crippen LogP contribution in [0.1, 0.15) is 31.4 Å². The van der Waals surface area contributed by atoms with Crippen LogP contribution in [0, 0.1) is 0 Å². The molecule has 4 nitrogen and oxygen atoms in total. The maximum absolute atomic E-state index is 8.80. The number of oxazole rings is 1. The zero-order valence-electron chi connectivity index (χ0n) is 9.85. The highest BCUT2D eigenvalue weighted by Gasteiger charge is 2.24. The average Bonchev–Trinajstić information content (AvgIpc) is 2.89. The van der Waals surface area contributed by atoms with Gasteiger partial charge in [-0.15, -0.1) is 0 Å². The van der Waals surface area contributed by atoms with Crippen molar-refractivity contribution in [2.75, 3.05) is 19.7 Å². The minimum absolute atomic E-state index is 0.135. The number of hydrogen-bond donors (Lipinski definition) is 1. The van der Waals surface area contributed by atoms with Gasteiger partial charge in [0.05, 0.1) is 5.69 Å². The third kappa shape index (κ3) is 2.62. The third-order valence-corrected chi connectivity index (χ3v) is 3.28. The van der Waals surface area contributed by atoms with Crippen LogP contribution in [0.5, 0.6) is 0 Å². The Morgan fingerprint density at radius 3 is 3.25 bits per heavy atom. The first kappa shape index (κ1) is 11.6. The summed E-state index contributed by atoms with van der Waals surface area (Å²) in [6.07, 6.45) is 5.68. The number of hydrogen-bond acceptors (Lipinski definition) is 4. The van der Waals surface area contributed by atoms with Gasteiger partial charge in [-0.1, -0.05) is 6.92 Å². The third-order valence-electron chi connectivity index (χ3n) is 3.28. The molecule has 1 fully saturated rings. The van der Waals surface area contributed by atoms with Crippen LogP contribution in [0.2, 0.25) is 0 Å². The summed E-state index contributed by atoms with van der Waals surface area (Å²) in [5.74, 6) is 0.814. The van der Waals surface area contributed by atoms with Gasteiger partial charge < -0.3 is 14.4 Å². The van der Waals surface area contributed by atoms with Crippen LogP contribution in [0.4, 0.5) is 0 Å². The van der Waals surface area contributed by atoms with Gasteiger partial charge in [-0.3, -0.25) is 0 Å². The first-order valence-corrected chi connectivity index (χ1v) is 6.11. The number of aromatic nitrogens is 1. The first-order valence-electron chi connectivity index (χ1n) is 6.11. The van der Waals surface area contributed by atoms with Crippen LogP contribution >= 0.6 is 0 Å². The van der Waals surface area contributed by atoms with Crippen molar-refractivity contribution in [2.24, 2.45) is 0 Å². The molecule has 1 aliphatic rings. The SMILES string of the molecule is CCN1CCCC1Cc1nc(CCO)co1. The molecule has 0 saturated carbocycles. The van der Waals surface area contributed by atoms with Crippen molar-refractivity contribution >= 4 is 0 Å². The van der Waals surface area contributed by atoms with E-state index in [0.717, 1.165) is 24.6 Å². The molecule has 2 heterocycles. The van der Waals surface area contributed by atoms with E-state index in [1.54, 1.807) is 6.26 Å². The van der Waals surface area contributed by atoms with Crippen molar-refractivity contribution in [3.8, 4) is 0 Å². The highest BCUT2D eigenvalue weighted by atomic mass is 16.3. The molecule has 2 rings (SSSR count). The molecule has 1 atom stereocenters. The molecule has 0 spiro atoms. The molecule has 0 aromatic carbocycles. The van der Waals surface area contributed by atoms with E-state index < -0.39 is 0 Å². The number of nitrogens with zero attached hydrogens (tertiary/aromatic N) is 2. The molecule has 0 aliphatic carbocycles. The topological polar surface area (TPSA) is 49.5 Å². The Morgan fingerprint density at radius 2 is 2.50 bits per heavy atom. The van der Waals surface area contributed by atoms with E-state index in [9.17, 15) is 0 Å². The number of aliphatic hydroxyl groups excluding tert-OH is 1. The molecule has 0 amide bonds. The molecule has 4 heteroatoms. The van der Waals surface area contributed by atoms with Gasteiger partial charge >= 0.3 is 0 Å². The summed E-state index contributed by atoms with van der Waals surface area (Å²) >= 11 is 0. The van der Waals surface area contributed by atoms with E-state index in [0.29, 0.717) is 12.5 Å². The van der Waals surface area contributed by atoms with Crippen LogP contribution in [0.3, 0.4) is 0 Å². The fourth-order valence-electron chi connectivity index (χ4n) is 2.42. The van der Waals surface area contributed by atoms with Crippen LogP contribution in [0.15, 0.2) is 10.7 Å². The molecule has 0 radical (unpaired) electrons. The van der Waals surface area contributed by atoms with E-state index in [1.165, 1.54) is 19.4 Å². The fraction of sp³-hybridized carbons (Fsp3) is 0.750. The highest BCUT2D eigenvalue weighted by molar-refractivity contribution is 4.99. The Labute approximate surface area is 96.3 Å². The monoisotopic (exact) mass is 224 g/mol. The maximum Gasteiger partial charge on any atom is 0.195 e.